The fraction of sp³-hybridized carbons (Fsp3) is 0.458. The van der Waals surface area contributed by atoms with Gasteiger partial charge in [0.05, 0.1) is 12.6 Å². The van der Waals surface area contributed by atoms with Crippen molar-refractivity contribution in [1.82, 2.24) is 4.90 Å². The molecular formula is C24H29NO3. The van der Waals surface area contributed by atoms with E-state index in [1.54, 1.807) is 4.90 Å². The molecule has 1 fully saturated rings. The van der Waals surface area contributed by atoms with Crippen LogP contribution in [0.25, 0.3) is 11.1 Å². The van der Waals surface area contributed by atoms with Crippen LogP contribution in [0.15, 0.2) is 48.5 Å². The first kappa shape index (κ1) is 19.0. The number of fused-ring (bicyclic) bond motifs is 3. The second-order valence-corrected chi connectivity index (χ2v) is 8.03. The zero-order valence-corrected chi connectivity index (χ0v) is 16.5. The van der Waals surface area contributed by atoms with Crippen molar-refractivity contribution in [2.45, 2.75) is 57.0 Å². The number of hydrogen-bond acceptors (Lipinski definition) is 3. The van der Waals surface area contributed by atoms with Gasteiger partial charge < -0.3 is 14.7 Å². The maximum Gasteiger partial charge on any atom is 0.410 e. The molecule has 2 aliphatic rings. The molecule has 0 heterocycles. The third-order valence-electron chi connectivity index (χ3n) is 6.25. The highest BCUT2D eigenvalue weighted by molar-refractivity contribution is 5.79. The van der Waals surface area contributed by atoms with Gasteiger partial charge >= 0.3 is 6.09 Å². The molecule has 1 amide bonds. The molecule has 0 spiro atoms. The topological polar surface area (TPSA) is 49.8 Å². The Kier molecular flexibility index (Phi) is 5.67. The molecule has 2 aromatic rings. The van der Waals surface area contributed by atoms with Gasteiger partial charge in [0, 0.05) is 12.0 Å². The molecule has 1 atom stereocenters. The highest BCUT2D eigenvalue weighted by atomic mass is 16.6. The van der Waals surface area contributed by atoms with Gasteiger partial charge in [0.15, 0.2) is 0 Å². The molecule has 148 valence electrons. The highest BCUT2D eigenvalue weighted by Gasteiger charge is 2.33. The SMILES string of the molecule is C[C@@H](CO)N(C(=O)OCC1c2ccccc2-c2ccccc21)C1CCCCC1. The van der Waals surface area contributed by atoms with Crippen molar-refractivity contribution < 1.29 is 14.6 Å². The van der Waals surface area contributed by atoms with E-state index in [0.29, 0.717) is 6.61 Å². The predicted octanol–water partition coefficient (Wildman–Crippen LogP) is 4.95. The Balaban J connectivity index is 1.52. The summed E-state index contributed by atoms with van der Waals surface area (Å²) in [6.07, 6.45) is 5.19. The molecule has 0 aliphatic heterocycles. The zero-order chi connectivity index (χ0) is 19.5. The average molecular weight is 380 g/mol. The Labute approximate surface area is 167 Å². The van der Waals surface area contributed by atoms with Crippen LogP contribution in [0.5, 0.6) is 0 Å². The lowest BCUT2D eigenvalue weighted by molar-refractivity contribution is 0.0421. The molecule has 0 saturated heterocycles. The molecule has 4 heteroatoms. The van der Waals surface area contributed by atoms with Crippen molar-refractivity contribution in [3.05, 3.63) is 59.7 Å². The van der Waals surface area contributed by atoms with E-state index < -0.39 is 0 Å². The third-order valence-corrected chi connectivity index (χ3v) is 6.25. The molecule has 28 heavy (non-hydrogen) atoms. The number of rotatable bonds is 5. The molecule has 0 unspecified atom stereocenters. The monoisotopic (exact) mass is 379 g/mol. The summed E-state index contributed by atoms with van der Waals surface area (Å²) >= 11 is 0. The number of carbonyl (C=O) groups is 1. The summed E-state index contributed by atoms with van der Waals surface area (Å²) in [5, 5.41) is 9.68. The van der Waals surface area contributed by atoms with Crippen molar-refractivity contribution in [2.75, 3.05) is 13.2 Å². The first-order valence-electron chi connectivity index (χ1n) is 10.4. The summed E-state index contributed by atoms with van der Waals surface area (Å²) in [6.45, 7) is 2.19. The molecule has 2 aromatic carbocycles. The van der Waals surface area contributed by atoms with Crippen LogP contribution in [0.2, 0.25) is 0 Å². The summed E-state index contributed by atoms with van der Waals surface area (Å²) in [6, 6.07) is 16.7. The van der Waals surface area contributed by atoms with E-state index in [4.69, 9.17) is 4.74 Å². The van der Waals surface area contributed by atoms with Crippen molar-refractivity contribution in [1.29, 1.82) is 0 Å². The van der Waals surface area contributed by atoms with Crippen LogP contribution in [0.1, 0.15) is 56.1 Å². The number of carbonyl (C=O) groups excluding carboxylic acids is 1. The second kappa shape index (κ2) is 8.36. The smallest absolute Gasteiger partial charge is 0.410 e. The number of nitrogens with zero attached hydrogens (tertiary/aromatic N) is 1. The highest BCUT2D eigenvalue weighted by Crippen LogP contribution is 2.44. The number of aliphatic hydroxyl groups excluding tert-OH is 1. The van der Waals surface area contributed by atoms with E-state index >= 15 is 0 Å². The largest absolute Gasteiger partial charge is 0.448 e. The molecule has 2 aliphatic carbocycles. The van der Waals surface area contributed by atoms with Crippen LogP contribution in [0, 0.1) is 0 Å². The van der Waals surface area contributed by atoms with Crippen molar-refractivity contribution in [3.8, 4) is 11.1 Å². The molecular weight excluding hydrogens is 350 g/mol. The molecule has 1 N–H and O–H groups in total. The van der Waals surface area contributed by atoms with E-state index in [1.165, 1.54) is 28.7 Å². The van der Waals surface area contributed by atoms with Crippen LogP contribution in [0.3, 0.4) is 0 Å². The zero-order valence-electron chi connectivity index (χ0n) is 16.5. The standard InChI is InChI=1S/C24H29NO3/c1-17(15-26)25(18-9-3-2-4-10-18)24(27)28-16-23-21-13-7-5-11-19(21)20-12-6-8-14-22(20)23/h5-8,11-14,17-18,23,26H,2-4,9-10,15-16H2,1H3/t17-/m0/s1. The van der Waals surface area contributed by atoms with Gasteiger partial charge in [-0.25, -0.2) is 4.79 Å². The van der Waals surface area contributed by atoms with Gasteiger partial charge in [0.25, 0.3) is 0 Å². The van der Waals surface area contributed by atoms with E-state index in [9.17, 15) is 9.90 Å². The lowest BCUT2D eigenvalue weighted by Gasteiger charge is -2.37. The molecule has 0 bridgehead atoms. The molecule has 4 rings (SSSR count). The number of benzene rings is 2. The lowest BCUT2D eigenvalue weighted by atomic mass is 9.93. The maximum absolute atomic E-state index is 13.0. The van der Waals surface area contributed by atoms with Crippen LogP contribution >= 0.6 is 0 Å². The fourth-order valence-electron chi connectivity index (χ4n) is 4.80. The molecule has 0 radical (unpaired) electrons. The minimum Gasteiger partial charge on any atom is -0.448 e. The van der Waals surface area contributed by atoms with Crippen LogP contribution in [-0.2, 0) is 4.74 Å². The lowest BCUT2D eigenvalue weighted by Crippen LogP contribution is -2.48. The molecule has 0 aromatic heterocycles. The Morgan fingerprint density at radius 3 is 2.18 bits per heavy atom. The first-order chi connectivity index (χ1) is 13.7. The minimum absolute atomic E-state index is 0.0410. The predicted molar refractivity (Wildman–Crippen MR) is 110 cm³/mol. The Morgan fingerprint density at radius 1 is 1.04 bits per heavy atom. The van der Waals surface area contributed by atoms with E-state index in [2.05, 4.69) is 36.4 Å². The fourth-order valence-corrected chi connectivity index (χ4v) is 4.80. The van der Waals surface area contributed by atoms with Crippen molar-refractivity contribution >= 4 is 6.09 Å². The van der Waals surface area contributed by atoms with Gasteiger partial charge in [0.2, 0.25) is 0 Å². The van der Waals surface area contributed by atoms with E-state index in [-0.39, 0.29) is 30.7 Å². The number of aliphatic hydroxyl groups is 1. The van der Waals surface area contributed by atoms with Crippen LogP contribution < -0.4 is 0 Å². The maximum atomic E-state index is 13.0. The Hall–Kier alpha value is -2.33. The van der Waals surface area contributed by atoms with Gasteiger partial charge in [-0.05, 0) is 42.0 Å². The Bertz CT molecular complexity index is 783. The van der Waals surface area contributed by atoms with Crippen LogP contribution in [-0.4, -0.2) is 41.4 Å². The summed E-state index contributed by atoms with van der Waals surface area (Å²) in [5.41, 5.74) is 4.89. The van der Waals surface area contributed by atoms with E-state index in [1.807, 2.05) is 19.1 Å². The summed E-state index contributed by atoms with van der Waals surface area (Å²) in [4.78, 5) is 14.8. The van der Waals surface area contributed by atoms with Crippen molar-refractivity contribution in [2.24, 2.45) is 0 Å². The third kappa shape index (κ3) is 3.53. The van der Waals surface area contributed by atoms with Crippen molar-refractivity contribution in [3.63, 3.8) is 0 Å². The molecule has 1 saturated carbocycles. The first-order valence-corrected chi connectivity index (χ1v) is 10.4. The van der Waals surface area contributed by atoms with Gasteiger partial charge in [-0.1, -0.05) is 67.8 Å². The van der Waals surface area contributed by atoms with Crippen LogP contribution in [0.4, 0.5) is 4.79 Å². The second-order valence-electron chi connectivity index (χ2n) is 8.03. The number of amides is 1. The van der Waals surface area contributed by atoms with Gasteiger partial charge in [-0.3, -0.25) is 0 Å². The Morgan fingerprint density at radius 2 is 1.61 bits per heavy atom. The van der Waals surface area contributed by atoms with E-state index in [0.717, 1.165) is 25.7 Å². The van der Waals surface area contributed by atoms with Gasteiger partial charge in [-0.2, -0.15) is 0 Å². The molecule has 4 nitrogen and oxygen atoms in total. The number of hydrogen-bond donors (Lipinski definition) is 1. The minimum atomic E-state index is -0.296. The summed E-state index contributed by atoms with van der Waals surface area (Å²) in [7, 11) is 0. The normalized spacial score (nSPS) is 17.6. The van der Waals surface area contributed by atoms with Gasteiger partial charge in [0.1, 0.15) is 6.61 Å². The summed E-state index contributed by atoms with van der Waals surface area (Å²) < 4.78 is 5.85. The summed E-state index contributed by atoms with van der Waals surface area (Å²) in [5.74, 6) is 0.0639. The quantitative estimate of drug-likeness (QED) is 0.799. The average Bonchev–Trinajstić information content (AvgIpc) is 3.07. The van der Waals surface area contributed by atoms with Gasteiger partial charge in [-0.15, -0.1) is 0 Å². The number of ether oxygens (including phenoxy) is 1.